The molecule has 23 heavy (non-hydrogen) atoms. The fraction of sp³-hybridized carbons (Fsp3) is 0.600. The van der Waals surface area contributed by atoms with Gasteiger partial charge in [0.05, 0.1) is 6.61 Å². The maximum absolute atomic E-state index is 12.9. The van der Waals surface area contributed by atoms with Gasteiger partial charge in [-0.15, -0.1) is 0 Å². The highest BCUT2D eigenvalue weighted by Crippen LogP contribution is 2.56. The van der Waals surface area contributed by atoms with E-state index in [0.717, 1.165) is 36.0 Å². The quantitative estimate of drug-likeness (QED) is 0.626. The van der Waals surface area contributed by atoms with Gasteiger partial charge < -0.3 is 5.11 Å². The number of fused-ring (bicyclic) bond motifs is 2. The number of aliphatic hydroxyl groups is 1. The molecule has 0 radical (unpaired) electrons. The molecule has 0 aromatic carbocycles. The molecule has 3 heteroatoms. The number of hydrogen-bond acceptors (Lipinski definition) is 3. The van der Waals surface area contributed by atoms with Crippen molar-refractivity contribution >= 4 is 11.6 Å². The smallest absolute Gasteiger partial charge is 0.185 e. The van der Waals surface area contributed by atoms with Crippen LogP contribution < -0.4 is 0 Å². The Morgan fingerprint density at radius 1 is 1.30 bits per heavy atom. The van der Waals surface area contributed by atoms with E-state index in [1.807, 2.05) is 13.8 Å². The van der Waals surface area contributed by atoms with E-state index < -0.39 is 0 Å². The average molecular weight is 314 g/mol. The number of ketones is 2. The summed E-state index contributed by atoms with van der Waals surface area (Å²) in [6.07, 6.45) is 4.82. The molecule has 0 saturated heterocycles. The molecule has 3 nitrogen and oxygen atoms in total. The van der Waals surface area contributed by atoms with Crippen molar-refractivity contribution in [1.82, 2.24) is 0 Å². The third kappa shape index (κ3) is 2.28. The number of allylic oxidation sites excluding steroid dienone is 5. The molecule has 0 bridgehead atoms. The second kappa shape index (κ2) is 5.55. The highest BCUT2D eigenvalue weighted by Gasteiger charge is 2.49. The number of carbonyl (C=O) groups is 2. The summed E-state index contributed by atoms with van der Waals surface area (Å²) in [6, 6.07) is 0. The predicted octanol–water partition coefficient (Wildman–Crippen LogP) is 3.54. The average Bonchev–Trinajstić information content (AvgIpc) is 2.50. The van der Waals surface area contributed by atoms with E-state index in [1.165, 1.54) is 5.57 Å². The van der Waals surface area contributed by atoms with Crippen molar-refractivity contribution in [3.05, 3.63) is 33.9 Å². The molecule has 3 rings (SSSR count). The van der Waals surface area contributed by atoms with Crippen LogP contribution in [0, 0.1) is 17.3 Å². The fourth-order valence-corrected chi connectivity index (χ4v) is 4.84. The van der Waals surface area contributed by atoms with Crippen molar-refractivity contribution in [3.63, 3.8) is 0 Å². The zero-order chi connectivity index (χ0) is 16.9. The Kier molecular flexibility index (Phi) is 3.96. The van der Waals surface area contributed by atoms with Crippen molar-refractivity contribution in [2.24, 2.45) is 17.3 Å². The van der Waals surface area contributed by atoms with Gasteiger partial charge in [0.25, 0.3) is 0 Å². The molecule has 0 amide bonds. The molecule has 0 heterocycles. The normalized spacial score (nSPS) is 31.4. The molecule has 0 saturated carbocycles. The van der Waals surface area contributed by atoms with Gasteiger partial charge in [-0.25, -0.2) is 0 Å². The standard InChI is InChI=1S/C20H26O3/c1-11(2)15-9-17(22)18-14(19(15)23)5-6-16-12(3)13(10-21)7-8-20(16,18)4/h9,11,16,21H,5-8,10H2,1-4H3/t16-,20-/m0/s1. The monoisotopic (exact) mass is 314 g/mol. The van der Waals surface area contributed by atoms with E-state index >= 15 is 0 Å². The number of rotatable bonds is 2. The molecule has 1 N–H and O–H groups in total. The topological polar surface area (TPSA) is 54.4 Å². The Hall–Kier alpha value is -1.48. The molecule has 0 aliphatic heterocycles. The Morgan fingerprint density at radius 2 is 2.00 bits per heavy atom. The molecule has 0 unspecified atom stereocenters. The minimum Gasteiger partial charge on any atom is -0.392 e. The van der Waals surface area contributed by atoms with E-state index in [2.05, 4.69) is 13.8 Å². The van der Waals surface area contributed by atoms with E-state index in [0.29, 0.717) is 12.0 Å². The maximum atomic E-state index is 12.9. The second-order valence-electron chi connectivity index (χ2n) is 7.75. The van der Waals surface area contributed by atoms with Crippen LogP contribution in [0.25, 0.3) is 0 Å². The Bertz CT molecular complexity index is 675. The number of carbonyl (C=O) groups excluding carboxylic acids is 2. The third-order valence-corrected chi connectivity index (χ3v) is 6.23. The van der Waals surface area contributed by atoms with Crippen LogP contribution in [-0.4, -0.2) is 23.3 Å². The largest absolute Gasteiger partial charge is 0.392 e. The third-order valence-electron chi connectivity index (χ3n) is 6.23. The summed E-state index contributed by atoms with van der Waals surface area (Å²) in [5.41, 5.74) is 4.27. The summed E-state index contributed by atoms with van der Waals surface area (Å²) >= 11 is 0. The van der Waals surface area contributed by atoms with Gasteiger partial charge in [0.1, 0.15) is 0 Å². The van der Waals surface area contributed by atoms with Crippen LogP contribution in [0.5, 0.6) is 0 Å². The highest BCUT2D eigenvalue weighted by atomic mass is 16.3. The van der Waals surface area contributed by atoms with Crippen LogP contribution in [0.15, 0.2) is 33.9 Å². The van der Waals surface area contributed by atoms with Gasteiger partial charge in [-0.1, -0.05) is 26.3 Å². The lowest BCUT2D eigenvalue weighted by Gasteiger charge is -2.48. The van der Waals surface area contributed by atoms with Crippen LogP contribution in [-0.2, 0) is 9.59 Å². The fourth-order valence-electron chi connectivity index (χ4n) is 4.84. The summed E-state index contributed by atoms with van der Waals surface area (Å²) in [6.45, 7) is 8.27. The summed E-state index contributed by atoms with van der Waals surface area (Å²) < 4.78 is 0. The lowest BCUT2D eigenvalue weighted by atomic mass is 9.54. The van der Waals surface area contributed by atoms with Gasteiger partial charge in [0.2, 0.25) is 0 Å². The van der Waals surface area contributed by atoms with Gasteiger partial charge in [0.15, 0.2) is 11.6 Å². The first-order chi connectivity index (χ1) is 10.8. The summed E-state index contributed by atoms with van der Waals surface area (Å²) in [7, 11) is 0. The van der Waals surface area contributed by atoms with Gasteiger partial charge >= 0.3 is 0 Å². The molecule has 2 atom stereocenters. The van der Waals surface area contributed by atoms with Gasteiger partial charge in [-0.3, -0.25) is 9.59 Å². The van der Waals surface area contributed by atoms with Crippen LogP contribution >= 0.6 is 0 Å². The van der Waals surface area contributed by atoms with E-state index in [-0.39, 0.29) is 35.4 Å². The van der Waals surface area contributed by atoms with Crippen molar-refractivity contribution in [3.8, 4) is 0 Å². The van der Waals surface area contributed by atoms with E-state index in [9.17, 15) is 14.7 Å². The molecular formula is C20H26O3. The maximum Gasteiger partial charge on any atom is 0.185 e. The van der Waals surface area contributed by atoms with Gasteiger partial charge in [0, 0.05) is 22.1 Å². The van der Waals surface area contributed by atoms with Gasteiger partial charge in [-0.2, -0.15) is 0 Å². The molecule has 0 aromatic rings. The molecule has 3 aliphatic carbocycles. The first kappa shape index (κ1) is 16.4. The lowest BCUT2D eigenvalue weighted by molar-refractivity contribution is -0.118. The summed E-state index contributed by atoms with van der Waals surface area (Å²) in [5.74, 6) is 0.475. The number of aliphatic hydroxyl groups excluding tert-OH is 1. The van der Waals surface area contributed by atoms with E-state index in [1.54, 1.807) is 6.08 Å². The molecule has 124 valence electrons. The number of hydrogen-bond donors (Lipinski definition) is 1. The Morgan fingerprint density at radius 3 is 2.61 bits per heavy atom. The lowest BCUT2D eigenvalue weighted by Crippen LogP contribution is -2.43. The number of Topliss-reactive ketones (excluding diaryl/α,β-unsaturated/α-hetero) is 1. The highest BCUT2D eigenvalue weighted by molar-refractivity contribution is 6.23. The first-order valence-corrected chi connectivity index (χ1v) is 8.65. The summed E-state index contributed by atoms with van der Waals surface area (Å²) in [4.78, 5) is 25.7. The van der Waals surface area contributed by atoms with Crippen LogP contribution in [0.3, 0.4) is 0 Å². The first-order valence-electron chi connectivity index (χ1n) is 8.65. The van der Waals surface area contributed by atoms with Crippen LogP contribution in [0.4, 0.5) is 0 Å². The Labute approximate surface area is 138 Å². The van der Waals surface area contributed by atoms with Crippen LogP contribution in [0.2, 0.25) is 0 Å². The zero-order valence-corrected chi connectivity index (χ0v) is 14.5. The zero-order valence-electron chi connectivity index (χ0n) is 14.5. The van der Waals surface area contributed by atoms with E-state index in [4.69, 9.17) is 0 Å². The van der Waals surface area contributed by atoms with Crippen molar-refractivity contribution in [2.75, 3.05) is 6.61 Å². The van der Waals surface area contributed by atoms with Crippen LogP contribution in [0.1, 0.15) is 53.4 Å². The van der Waals surface area contributed by atoms with Gasteiger partial charge in [-0.05, 0) is 56.1 Å². The second-order valence-corrected chi connectivity index (χ2v) is 7.75. The van der Waals surface area contributed by atoms with Crippen molar-refractivity contribution in [2.45, 2.75) is 53.4 Å². The minimum absolute atomic E-state index is 0.0377. The molecule has 3 aliphatic rings. The van der Waals surface area contributed by atoms with Crippen molar-refractivity contribution < 1.29 is 14.7 Å². The SMILES string of the molecule is CC1=C(CO)CC[C@]2(C)C3=C(CC[C@@H]12)C(=O)C(C(C)C)=CC3=O. The molecule has 0 fully saturated rings. The molecular weight excluding hydrogens is 288 g/mol. The summed E-state index contributed by atoms with van der Waals surface area (Å²) in [5, 5.41) is 9.56. The Balaban J connectivity index is 2.10. The predicted molar refractivity (Wildman–Crippen MR) is 89.8 cm³/mol. The molecule has 0 aromatic heterocycles. The molecule has 0 spiro atoms. The minimum atomic E-state index is -0.262. The van der Waals surface area contributed by atoms with Crippen molar-refractivity contribution in [1.29, 1.82) is 0 Å².